The fourth-order valence-electron chi connectivity index (χ4n) is 0.836. The van der Waals surface area contributed by atoms with E-state index in [1.165, 1.54) is 0 Å². The lowest BCUT2D eigenvalue weighted by atomic mass is 10.1. The maximum absolute atomic E-state index is 5.41. The van der Waals surface area contributed by atoms with E-state index in [0.717, 1.165) is 13.0 Å². The Kier molecular flexibility index (Phi) is 1.88. The Morgan fingerprint density at radius 3 is 3.11 bits per heavy atom. The summed E-state index contributed by atoms with van der Waals surface area (Å²) >= 11 is 0. The van der Waals surface area contributed by atoms with E-state index in [1.807, 2.05) is 6.08 Å². The Labute approximate surface area is 55.5 Å². The van der Waals surface area contributed by atoms with Crippen LogP contribution in [0.3, 0.4) is 0 Å². The molecule has 1 heterocycles. The van der Waals surface area contributed by atoms with Crippen molar-refractivity contribution in [3.8, 4) is 0 Å². The van der Waals surface area contributed by atoms with E-state index in [-0.39, 0.29) is 0 Å². The Morgan fingerprint density at radius 1 is 1.89 bits per heavy atom. The van der Waals surface area contributed by atoms with Crippen molar-refractivity contribution < 1.29 is 0 Å². The van der Waals surface area contributed by atoms with Crippen LogP contribution in [-0.2, 0) is 0 Å². The van der Waals surface area contributed by atoms with Crippen molar-refractivity contribution in [1.82, 2.24) is 0 Å². The highest BCUT2D eigenvalue weighted by Crippen LogP contribution is 2.07. The standard InChI is InChI=1S/C7H12N2/c1-2-6-3-4-7(8)9-5-6/h3-4,6H,2,5H2,1H3,(H2,8,9). The number of nitrogens with two attached hydrogens (primary N) is 1. The monoisotopic (exact) mass is 124 g/mol. The number of nitrogens with zero attached hydrogens (tertiary/aromatic N) is 1. The molecule has 2 heteroatoms. The summed E-state index contributed by atoms with van der Waals surface area (Å²) in [4.78, 5) is 4.09. The zero-order chi connectivity index (χ0) is 6.69. The molecule has 1 aliphatic rings. The first kappa shape index (κ1) is 6.33. The smallest absolute Gasteiger partial charge is 0.117 e. The van der Waals surface area contributed by atoms with E-state index in [9.17, 15) is 0 Å². The molecule has 0 aromatic heterocycles. The molecule has 0 saturated carbocycles. The highest BCUT2D eigenvalue weighted by molar-refractivity contribution is 5.91. The van der Waals surface area contributed by atoms with Crippen molar-refractivity contribution in [3.63, 3.8) is 0 Å². The van der Waals surface area contributed by atoms with Crippen LogP contribution in [0.4, 0.5) is 0 Å². The topological polar surface area (TPSA) is 38.4 Å². The van der Waals surface area contributed by atoms with Crippen molar-refractivity contribution in [2.24, 2.45) is 16.6 Å². The molecule has 0 saturated heterocycles. The van der Waals surface area contributed by atoms with Crippen LogP contribution in [0.25, 0.3) is 0 Å². The summed E-state index contributed by atoms with van der Waals surface area (Å²) < 4.78 is 0. The van der Waals surface area contributed by atoms with Crippen LogP contribution in [0.1, 0.15) is 13.3 Å². The first-order valence-corrected chi connectivity index (χ1v) is 3.31. The fraction of sp³-hybridized carbons (Fsp3) is 0.571. The SMILES string of the molecule is CCC1C=CC(N)=NC1. The molecule has 1 atom stereocenters. The lowest BCUT2D eigenvalue weighted by Crippen LogP contribution is -2.15. The Bertz CT molecular complexity index is 147. The van der Waals surface area contributed by atoms with Gasteiger partial charge in [0.25, 0.3) is 0 Å². The highest BCUT2D eigenvalue weighted by Gasteiger charge is 2.03. The lowest BCUT2D eigenvalue weighted by Gasteiger charge is -2.10. The lowest BCUT2D eigenvalue weighted by molar-refractivity contribution is 0.635. The summed E-state index contributed by atoms with van der Waals surface area (Å²) in [6.45, 7) is 3.03. The molecule has 0 aliphatic carbocycles. The molecule has 1 aliphatic heterocycles. The third-order valence-corrected chi connectivity index (χ3v) is 1.57. The van der Waals surface area contributed by atoms with E-state index in [1.54, 1.807) is 0 Å². The quantitative estimate of drug-likeness (QED) is 0.555. The van der Waals surface area contributed by atoms with Crippen molar-refractivity contribution in [3.05, 3.63) is 12.2 Å². The van der Waals surface area contributed by atoms with Gasteiger partial charge in [-0.25, -0.2) is 0 Å². The summed E-state index contributed by atoms with van der Waals surface area (Å²) in [5, 5.41) is 0. The minimum absolute atomic E-state index is 0.622. The molecule has 2 N–H and O–H groups in total. The van der Waals surface area contributed by atoms with Crippen molar-refractivity contribution >= 4 is 5.84 Å². The molecule has 1 rings (SSSR count). The van der Waals surface area contributed by atoms with Crippen LogP contribution in [0, 0.1) is 5.92 Å². The number of hydrogen-bond donors (Lipinski definition) is 1. The van der Waals surface area contributed by atoms with Crippen LogP contribution in [-0.4, -0.2) is 12.4 Å². The highest BCUT2D eigenvalue weighted by atomic mass is 14.9. The van der Waals surface area contributed by atoms with Gasteiger partial charge in [0.05, 0.1) is 0 Å². The van der Waals surface area contributed by atoms with E-state index < -0.39 is 0 Å². The molecule has 2 nitrogen and oxygen atoms in total. The molecule has 1 unspecified atom stereocenters. The van der Waals surface area contributed by atoms with E-state index >= 15 is 0 Å². The molecule has 0 radical (unpaired) electrons. The van der Waals surface area contributed by atoms with E-state index in [4.69, 9.17) is 5.73 Å². The number of dihydropyridines is 1. The second kappa shape index (κ2) is 2.67. The minimum atomic E-state index is 0.622. The summed E-state index contributed by atoms with van der Waals surface area (Å²) in [6, 6.07) is 0. The van der Waals surface area contributed by atoms with Gasteiger partial charge in [0, 0.05) is 6.54 Å². The molecule has 50 valence electrons. The molecular formula is C7H12N2. The predicted molar refractivity (Wildman–Crippen MR) is 39.4 cm³/mol. The van der Waals surface area contributed by atoms with Gasteiger partial charge >= 0.3 is 0 Å². The predicted octanol–water partition coefficient (Wildman–Crippen LogP) is 0.940. The van der Waals surface area contributed by atoms with Crippen LogP contribution >= 0.6 is 0 Å². The molecule has 0 spiro atoms. The normalized spacial score (nSPS) is 25.9. The third kappa shape index (κ3) is 1.56. The van der Waals surface area contributed by atoms with Gasteiger partial charge in [-0.15, -0.1) is 0 Å². The van der Waals surface area contributed by atoms with Gasteiger partial charge in [0.15, 0.2) is 0 Å². The van der Waals surface area contributed by atoms with Crippen LogP contribution in [0.2, 0.25) is 0 Å². The Morgan fingerprint density at radius 2 is 2.67 bits per heavy atom. The van der Waals surface area contributed by atoms with Gasteiger partial charge in [-0.05, 0) is 18.4 Å². The number of rotatable bonds is 1. The minimum Gasteiger partial charge on any atom is -0.384 e. The number of hydrogen-bond acceptors (Lipinski definition) is 2. The maximum atomic E-state index is 5.41. The Hall–Kier alpha value is -0.790. The van der Waals surface area contributed by atoms with Crippen LogP contribution in [0.15, 0.2) is 17.1 Å². The van der Waals surface area contributed by atoms with Gasteiger partial charge < -0.3 is 5.73 Å². The molecule has 0 bridgehead atoms. The summed E-state index contributed by atoms with van der Waals surface area (Å²) in [6.07, 6.45) is 5.17. The van der Waals surface area contributed by atoms with Gasteiger partial charge in [0.2, 0.25) is 0 Å². The van der Waals surface area contributed by atoms with Crippen LogP contribution < -0.4 is 5.73 Å². The first-order chi connectivity index (χ1) is 4.33. The molecule has 0 amide bonds. The molecule has 9 heavy (non-hydrogen) atoms. The van der Waals surface area contributed by atoms with Crippen LogP contribution in [0.5, 0.6) is 0 Å². The van der Waals surface area contributed by atoms with Crippen molar-refractivity contribution in [2.75, 3.05) is 6.54 Å². The van der Waals surface area contributed by atoms with E-state index in [0.29, 0.717) is 11.8 Å². The largest absolute Gasteiger partial charge is 0.384 e. The third-order valence-electron chi connectivity index (χ3n) is 1.57. The summed E-state index contributed by atoms with van der Waals surface area (Å²) in [7, 11) is 0. The zero-order valence-electron chi connectivity index (χ0n) is 5.67. The molecule has 0 aromatic rings. The summed E-state index contributed by atoms with van der Waals surface area (Å²) in [5.41, 5.74) is 5.41. The van der Waals surface area contributed by atoms with E-state index in [2.05, 4.69) is 18.0 Å². The average molecular weight is 124 g/mol. The molecule has 0 fully saturated rings. The number of amidine groups is 1. The average Bonchev–Trinajstić information content (AvgIpc) is 1.90. The second-order valence-electron chi connectivity index (χ2n) is 2.29. The first-order valence-electron chi connectivity index (χ1n) is 3.31. The van der Waals surface area contributed by atoms with Crippen molar-refractivity contribution in [2.45, 2.75) is 13.3 Å². The second-order valence-corrected chi connectivity index (χ2v) is 2.29. The zero-order valence-corrected chi connectivity index (χ0v) is 5.67. The molecule has 0 aromatic carbocycles. The van der Waals surface area contributed by atoms with Gasteiger partial charge in [0.1, 0.15) is 5.84 Å². The summed E-state index contributed by atoms with van der Waals surface area (Å²) in [5.74, 6) is 1.29. The molecular weight excluding hydrogens is 112 g/mol. The Balaban J connectivity index is 2.48. The maximum Gasteiger partial charge on any atom is 0.117 e. The van der Waals surface area contributed by atoms with Gasteiger partial charge in [-0.2, -0.15) is 0 Å². The fourth-order valence-corrected chi connectivity index (χ4v) is 0.836. The van der Waals surface area contributed by atoms with Gasteiger partial charge in [-0.3, -0.25) is 4.99 Å². The van der Waals surface area contributed by atoms with Gasteiger partial charge in [-0.1, -0.05) is 13.0 Å². The van der Waals surface area contributed by atoms with Crippen molar-refractivity contribution in [1.29, 1.82) is 0 Å². The number of aliphatic imine (C=N–C) groups is 1.